The van der Waals surface area contributed by atoms with E-state index in [2.05, 4.69) is 22.2 Å². The Kier molecular flexibility index (Phi) is 6.69. The molecule has 2 N–H and O–H groups in total. The van der Waals surface area contributed by atoms with Gasteiger partial charge in [-0.3, -0.25) is 14.5 Å². The zero-order valence-electron chi connectivity index (χ0n) is 17.0. The van der Waals surface area contributed by atoms with E-state index >= 15 is 0 Å². The Labute approximate surface area is 167 Å². The third-order valence-electron chi connectivity index (χ3n) is 5.77. The lowest BCUT2D eigenvalue weighted by molar-refractivity contribution is -0.114. The van der Waals surface area contributed by atoms with Crippen molar-refractivity contribution in [2.45, 2.75) is 31.8 Å². The van der Waals surface area contributed by atoms with Crippen LogP contribution in [-0.4, -0.2) is 90.1 Å². The van der Waals surface area contributed by atoms with Crippen LogP contribution in [0.2, 0.25) is 0 Å². The summed E-state index contributed by atoms with van der Waals surface area (Å²) in [6.45, 7) is 7.43. The molecule has 0 aliphatic carbocycles. The average molecular weight is 389 g/mol. The molecule has 1 aromatic carbocycles. The topological polar surface area (TPSA) is 76.1 Å². The third kappa shape index (κ3) is 5.53. The molecule has 1 unspecified atom stereocenters. The fourth-order valence-electron chi connectivity index (χ4n) is 4.04. The minimum Gasteiger partial charge on any atom is -0.388 e. The van der Waals surface area contributed by atoms with Crippen LogP contribution in [0.5, 0.6) is 0 Å². The monoisotopic (exact) mass is 388 g/mol. The van der Waals surface area contributed by atoms with Crippen molar-refractivity contribution in [3.8, 4) is 0 Å². The zero-order chi connectivity index (χ0) is 20.1. The Hall–Kier alpha value is -1.96. The fourth-order valence-corrected chi connectivity index (χ4v) is 4.04. The minimum absolute atomic E-state index is 0.0155. The summed E-state index contributed by atoms with van der Waals surface area (Å²) in [5.41, 5.74) is 0.570. The number of aliphatic hydroxyl groups is 1. The summed E-state index contributed by atoms with van der Waals surface area (Å²) in [6, 6.07) is 6.98. The van der Waals surface area contributed by atoms with Crippen molar-refractivity contribution in [2.24, 2.45) is 0 Å². The van der Waals surface area contributed by atoms with Gasteiger partial charge in [-0.05, 0) is 50.6 Å². The second-order valence-corrected chi connectivity index (χ2v) is 8.21. The van der Waals surface area contributed by atoms with Gasteiger partial charge in [0.25, 0.3) is 5.91 Å². The summed E-state index contributed by atoms with van der Waals surface area (Å²) in [5.74, 6) is -0.149. The molecule has 2 aliphatic heterocycles. The van der Waals surface area contributed by atoms with Gasteiger partial charge in [0, 0.05) is 64.0 Å². The number of benzene rings is 1. The average Bonchev–Trinajstić information content (AvgIpc) is 2.85. The first-order chi connectivity index (χ1) is 13.3. The first-order valence-corrected chi connectivity index (χ1v) is 10.1. The van der Waals surface area contributed by atoms with Gasteiger partial charge in [-0.15, -0.1) is 0 Å². The van der Waals surface area contributed by atoms with E-state index in [0.717, 1.165) is 39.0 Å². The Morgan fingerprint density at radius 1 is 1.04 bits per heavy atom. The van der Waals surface area contributed by atoms with Crippen molar-refractivity contribution in [2.75, 3.05) is 58.2 Å². The highest BCUT2D eigenvalue weighted by molar-refractivity contribution is 5.95. The first-order valence-electron chi connectivity index (χ1n) is 10.1. The van der Waals surface area contributed by atoms with E-state index in [9.17, 15) is 14.7 Å². The number of rotatable bonds is 4. The van der Waals surface area contributed by atoms with Crippen LogP contribution in [0.15, 0.2) is 24.3 Å². The number of nitrogens with zero attached hydrogens (tertiary/aromatic N) is 3. The van der Waals surface area contributed by atoms with Gasteiger partial charge in [-0.25, -0.2) is 0 Å². The highest BCUT2D eigenvalue weighted by Crippen LogP contribution is 2.25. The number of piperazine rings is 1. The van der Waals surface area contributed by atoms with Crippen molar-refractivity contribution >= 4 is 17.5 Å². The van der Waals surface area contributed by atoms with Crippen LogP contribution in [0.3, 0.4) is 0 Å². The number of amides is 2. The predicted molar refractivity (Wildman–Crippen MR) is 109 cm³/mol. The standard InChI is InChI=1S/C21H32N4O3/c1-17(26)22-19-6-4-18(5-7-19)20(27)25-10-3-8-21(28,9-11-25)16-24-14-12-23(2)13-15-24/h4-7,28H,3,8-16H2,1-2H3,(H,22,26). The summed E-state index contributed by atoms with van der Waals surface area (Å²) in [7, 11) is 2.13. The molecule has 3 rings (SSSR count). The number of anilines is 1. The lowest BCUT2D eigenvalue weighted by atomic mass is 9.94. The molecule has 154 valence electrons. The Balaban J connectivity index is 1.56. The van der Waals surface area contributed by atoms with E-state index in [1.807, 2.05) is 4.90 Å². The number of likely N-dealkylation sites (N-methyl/N-ethyl adjacent to an activating group) is 1. The third-order valence-corrected chi connectivity index (χ3v) is 5.77. The molecule has 2 saturated heterocycles. The maximum atomic E-state index is 12.9. The Morgan fingerprint density at radius 2 is 1.71 bits per heavy atom. The summed E-state index contributed by atoms with van der Waals surface area (Å²) >= 11 is 0. The van der Waals surface area contributed by atoms with Gasteiger partial charge in [0.2, 0.25) is 5.91 Å². The number of hydrogen-bond acceptors (Lipinski definition) is 5. The van der Waals surface area contributed by atoms with Crippen molar-refractivity contribution in [1.29, 1.82) is 0 Å². The van der Waals surface area contributed by atoms with Gasteiger partial charge in [0.15, 0.2) is 0 Å². The number of carbonyl (C=O) groups is 2. The lowest BCUT2D eigenvalue weighted by Crippen LogP contribution is -2.51. The van der Waals surface area contributed by atoms with E-state index in [1.165, 1.54) is 6.92 Å². The second-order valence-electron chi connectivity index (χ2n) is 8.21. The largest absolute Gasteiger partial charge is 0.388 e. The number of likely N-dealkylation sites (tertiary alicyclic amines) is 1. The summed E-state index contributed by atoms with van der Waals surface area (Å²) in [5, 5.41) is 13.8. The highest BCUT2D eigenvalue weighted by Gasteiger charge is 2.34. The van der Waals surface area contributed by atoms with Crippen molar-refractivity contribution in [3.05, 3.63) is 29.8 Å². The lowest BCUT2D eigenvalue weighted by Gasteiger charge is -2.38. The van der Waals surface area contributed by atoms with E-state index in [4.69, 9.17) is 0 Å². The minimum atomic E-state index is -0.722. The van der Waals surface area contributed by atoms with Crippen molar-refractivity contribution in [1.82, 2.24) is 14.7 Å². The van der Waals surface area contributed by atoms with Crippen molar-refractivity contribution < 1.29 is 14.7 Å². The smallest absolute Gasteiger partial charge is 0.253 e. The van der Waals surface area contributed by atoms with Crippen LogP contribution in [0.1, 0.15) is 36.5 Å². The van der Waals surface area contributed by atoms with Gasteiger partial charge in [0.1, 0.15) is 0 Å². The van der Waals surface area contributed by atoms with Gasteiger partial charge >= 0.3 is 0 Å². The molecule has 28 heavy (non-hydrogen) atoms. The number of β-amino-alcohol motifs (C(OH)–C–C–N with tert-alkyl or cyclic N) is 1. The van der Waals surface area contributed by atoms with Gasteiger partial charge in [0.05, 0.1) is 5.60 Å². The molecule has 7 nitrogen and oxygen atoms in total. The maximum absolute atomic E-state index is 12.9. The highest BCUT2D eigenvalue weighted by atomic mass is 16.3. The molecule has 2 heterocycles. The molecule has 2 amide bonds. The maximum Gasteiger partial charge on any atom is 0.253 e. The second kappa shape index (κ2) is 9.03. The van der Waals surface area contributed by atoms with Crippen LogP contribution in [0.4, 0.5) is 5.69 Å². The molecule has 2 fully saturated rings. The SMILES string of the molecule is CC(=O)Nc1ccc(C(=O)N2CCCC(O)(CN3CCN(C)CC3)CC2)cc1. The van der Waals surface area contributed by atoms with E-state index in [-0.39, 0.29) is 11.8 Å². The van der Waals surface area contributed by atoms with Gasteiger partial charge < -0.3 is 20.2 Å². The number of hydrogen-bond donors (Lipinski definition) is 2. The van der Waals surface area contributed by atoms with E-state index in [0.29, 0.717) is 37.3 Å². The summed E-state index contributed by atoms with van der Waals surface area (Å²) in [6.07, 6.45) is 2.14. The Bertz CT molecular complexity index is 685. The molecular formula is C21H32N4O3. The summed E-state index contributed by atoms with van der Waals surface area (Å²) in [4.78, 5) is 30.5. The van der Waals surface area contributed by atoms with Crippen LogP contribution in [0, 0.1) is 0 Å². The number of nitrogens with one attached hydrogen (secondary N) is 1. The molecule has 0 bridgehead atoms. The quantitative estimate of drug-likeness (QED) is 0.812. The van der Waals surface area contributed by atoms with Gasteiger partial charge in [-0.1, -0.05) is 0 Å². The molecule has 0 aromatic heterocycles. The fraction of sp³-hybridized carbons (Fsp3) is 0.619. The van der Waals surface area contributed by atoms with Gasteiger partial charge in [-0.2, -0.15) is 0 Å². The van der Waals surface area contributed by atoms with E-state index < -0.39 is 5.60 Å². The first kappa shape index (κ1) is 20.8. The molecule has 0 radical (unpaired) electrons. The molecule has 1 aromatic rings. The summed E-state index contributed by atoms with van der Waals surface area (Å²) < 4.78 is 0. The zero-order valence-corrected chi connectivity index (χ0v) is 17.0. The Morgan fingerprint density at radius 3 is 2.36 bits per heavy atom. The molecule has 0 saturated carbocycles. The normalized spacial score (nSPS) is 24.6. The van der Waals surface area contributed by atoms with Crippen LogP contribution in [-0.2, 0) is 4.79 Å². The molecule has 1 atom stereocenters. The van der Waals surface area contributed by atoms with Crippen LogP contribution < -0.4 is 5.32 Å². The molecule has 7 heteroatoms. The predicted octanol–water partition coefficient (Wildman–Crippen LogP) is 1.25. The van der Waals surface area contributed by atoms with Crippen LogP contribution in [0.25, 0.3) is 0 Å². The molecule has 2 aliphatic rings. The van der Waals surface area contributed by atoms with Crippen LogP contribution >= 0.6 is 0 Å². The molecular weight excluding hydrogens is 356 g/mol. The van der Waals surface area contributed by atoms with Crippen molar-refractivity contribution in [3.63, 3.8) is 0 Å². The number of carbonyl (C=O) groups excluding carboxylic acids is 2. The molecule has 0 spiro atoms. The van der Waals surface area contributed by atoms with E-state index in [1.54, 1.807) is 24.3 Å².